The Balaban J connectivity index is 1.96. The van der Waals surface area contributed by atoms with Crippen LogP contribution < -0.4 is 9.47 Å². The quantitative estimate of drug-likeness (QED) is 0.719. The van der Waals surface area contributed by atoms with Gasteiger partial charge >= 0.3 is 0 Å². The molecule has 0 aromatic heterocycles. The Morgan fingerprint density at radius 2 is 1.26 bits per heavy atom. The van der Waals surface area contributed by atoms with Crippen molar-refractivity contribution in [2.75, 3.05) is 7.11 Å². The minimum Gasteiger partial charge on any atom is -0.497 e. The maximum absolute atomic E-state index is 9.12. The molecule has 0 spiro atoms. The van der Waals surface area contributed by atoms with Crippen molar-refractivity contribution in [1.82, 2.24) is 0 Å². The van der Waals surface area contributed by atoms with E-state index < -0.39 is 0 Å². The highest BCUT2D eigenvalue weighted by atomic mass is 16.5. The molecule has 23 heavy (non-hydrogen) atoms. The SMILES string of the molecule is COc1ccc(Oc2ccc3cc(C#N)c(C#N)cc3c2)cc1. The highest BCUT2D eigenvalue weighted by Crippen LogP contribution is 2.28. The first kappa shape index (κ1) is 14.4. The molecular formula is C19H12N2O2. The number of hydrogen-bond acceptors (Lipinski definition) is 4. The number of fused-ring (bicyclic) bond motifs is 1. The molecule has 0 aliphatic carbocycles. The zero-order chi connectivity index (χ0) is 16.2. The van der Waals surface area contributed by atoms with E-state index in [9.17, 15) is 0 Å². The first-order valence-corrected chi connectivity index (χ1v) is 6.93. The van der Waals surface area contributed by atoms with Crippen LogP contribution in [-0.4, -0.2) is 7.11 Å². The van der Waals surface area contributed by atoms with Crippen LogP contribution in [0.1, 0.15) is 11.1 Å². The third kappa shape index (κ3) is 2.92. The molecule has 0 bridgehead atoms. The molecule has 4 heteroatoms. The second kappa shape index (κ2) is 6.09. The highest BCUT2D eigenvalue weighted by molar-refractivity contribution is 5.87. The van der Waals surface area contributed by atoms with Gasteiger partial charge in [0.1, 0.15) is 29.4 Å². The van der Waals surface area contributed by atoms with Crippen LogP contribution in [0.2, 0.25) is 0 Å². The van der Waals surface area contributed by atoms with Crippen LogP contribution in [0.25, 0.3) is 10.8 Å². The van der Waals surface area contributed by atoms with E-state index in [2.05, 4.69) is 0 Å². The van der Waals surface area contributed by atoms with Crippen LogP contribution in [0.4, 0.5) is 0 Å². The van der Waals surface area contributed by atoms with E-state index in [1.54, 1.807) is 19.2 Å². The Bertz CT molecular complexity index is 948. The Hall–Kier alpha value is -3.50. The average Bonchev–Trinajstić information content (AvgIpc) is 2.61. The standard InChI is InChI=1S/C19H12N2O2/c1-22-17-4-6-18(7-5-17)23-19-3-2-13-8-15(11-20)16(12-21)9-14(13)10-19/h2-10H,1H3. The smallest absolute Gasteiger partial charge is 0.128 e. The second-order valence-corrected chi connectivity index (χ2v) is 4.91. The van der Waals surface area contributed by atoms with Gasteiger partial charge in [-0.1, -0.05) is 6.07 Å². The zero-order valence-electron chi connectivity index (χ0n) is 12.4. The normalized spacial score (nSPS) is 9.87. The van der Waals surface area contributed by atoms with Gasteiger partial charge in [-0.3, -0.25) is 0 Å². The molecular weight excluding hydrogens is 288 g/mol. The summed E-state index contributed by atoms with van der Waals surface area (Å²) in [5, 5.41) is 19.9. The maximum Gasteiger partial charge on any atom is 0.128 e. The monoisotopic (exact) mass is 300 g/mol. The lowest BCUT2D eigenvalue weighted by atomic mass is 10.0. The molecule has 110 valence electrons. The minimum absolute atomic E-state index is 0.363. The average molecular weight is 300 g/mol. The van der Waals surface area contributed by atoms with Crippen molar-refractivity contribution in [3.8, 4) is 29.4 Å². The van der Waals surface area contributed by atoms with E-state index >= 15 is 0 Å². The number of benzene rings is 3. The van der Waals surface area contributed by atoms with Crippen LogP contribution in [0, 0.1) is 22.7 Å². The van der Waals surface area contributed by atoms with Crippen LogP contribution in [0.5, 0.6) is 17.2 Å². The van der Waals surface area contributed by atoms with E-state index in [1.165, 1.54) is 0 Å². The largest absolute Gasteiger partial charge is 0.497 e. The van der Waals surface area contributed by atoms with Crippen molar-refractivity contribution in [1.29, 1.82) is 10.5 Å². The molecule has 0 saturated carbocycles. The molecule has 0 atom stereocenters. The number of methoxy groups -OCH3 is 1. The summed E-state index contributed by atoms with van der Waals surface area (Å²) in [6.07, 6.45) is 0. The number of rotatable bonds is 3. The van der Waals surface area contributed by atoms with E-state index in [0.29, 0.717) is 22.6 Å². The second-order valence-electron chi connectivity index (χ2n) is 4.91. The van der Waals surface area contributed by atoms with Gasteiger partial charge in [-0.2, -0.15) is 10.5 Å². The first-order valence-electron chi connectivity index (χ1n) is 6.93. The number of hydrogen-bond donors (Lipinski definition) is 0. The molecule has 0 radical (unpaired) electrons. The van der Waals surface area contributed by atoms with Crippen molar-refractivity contribution in [3.05, 3.63) is 65.7 Å². The third-order valence-corrected chi connectivity index (χ3v) is 3.48. The summed E-state index contributed by atoms with van der Waals surface area (Å²) in [6, 6.07) is 20.3. The number of nitriles is 2. The van der Waals surface area contributed by atoms with Gasteiger partial charge in [0.05, 0.1) is 18.2 Å². The van der Waals surface area contributed by atoms with E-state index in [0.717, 1.165) is 16.5 Å². The lowest BCUT2D eigenvalue weighted by Gasteiger charge is -2.08. The molecule has 3 aromatic rings. The Labute approximate surface area is 133 Å². The van der Waals surface area contributed by atoms with Crippen LogP contribution in [0.15, 0.2) is 54.6 Å². The van der Waals surface area contributed by atoms with Crippen molar-refractivity contribution < 1.29 is 9.47 Å². The fourth-order valence-electron chi connectivity index (χ4n) is 2.30. The Morgan fingerprint density at radius 3 is 1.87 bits per heavy atom. The molecule has 0 fully saturated rings. The number of nitrogens with zero attached hydrogens (tertiary/aromatic N) is 2. The van der Waals surface area contributed by atoms with E-state index in [1.807, 2.05) is 54.6 Å². The topological polar surface area (TPSA) is 66.0 Å². The van der Waals surface area contributed by atoms with Gasteiger partial charge in [-0.25, -0.2) is 0 Å². The van der Waals surface area contributed by atoms with E-state index in [4.69, 9.17) is 20.0 Å². The van der Waals surface area contributed by atoms with Gasteiger partial charge in [0.15, 0.2) is 0 Å². The number of ether oxygens (including phenoxy) is 2. The Kier molecular flexibility index (Phi) is 3.82. The third-order valence-electron chi connectivity index (χ3n) is 3.48. The van der Waals surface area contributed by atoms with Crippen molar-refractivity contribution in [2.24, 2.45) is 0 Å². The molecule has 0 amide bonds. The molecule has 0 unspecified atom stereocenters. The summed E-state index contributed by atoms with van der Waals surface area (Å²) in [5.41, 5.74) is 0.741. The lowest BCUT2D eigenvalue weighted by Crippen LogP contribution is -1.88. The van der Waals surface area contributed by atoms with Crippen LogP contribution in [0.3, 0.4) is 0 Å². The predicted octanol–water partition coefficient (Wildman–Crippen LogP) is 4.38. The van der Waals surface area contributed by atoms with Gasteiger partial charge in [0.2, 0.25) is 0 Å². The van der Waals surface area contributed by atoms with Gasteiger partial charge in [-0.05, 0) is 59.3 Å². The molecule has 3 rings (SSSR count). The predicted molar refractivity (Wildman–Crippen MR) is 86.4 cm³/mol. The molecule has 0 aliphatic heterocycles. The summed E-state index contributed by atoms with van der Waals surface area (Å²) < 4.78 is 10.9. The van der Waals surface area contributed by atoms with Crippen molar-refractivity contribution in [2.45, 2.75) is 0 Å². The fourth-order valence-corrected chi connectivity index (χ4v) is 2.30. The van der Waals surface area contributed by atoms with Crippen LogP contribution in [-0.2, 0) is 0 Å². The summed E-state index contributed by atoms with van der Waals surface area (Å²) in [7, 11) is 1.61. The summed E-state index contributed by atoms with van der Waals surface area (Å²) in [5.74, 6) is 2.12. The zero-order valence-corrected chi connectivity index (χ0v) is 12.4. The van der Waals surface area contributed by atoms with Gasteiger partial charge < -0.3 is 9.47 Å². The molecule has 3 aromatic carbocycles. The van der Waals surface area contributed by atoms with Crippen molar-refractivity contribution in [3.63, 3.8) is 0 Å². The van der Waals surface area contributed by atoms with E-state index in [-0.39, 0.29) is 0 Å². The molecule has 0 aliphatic rings. The molecule has 0 N–H and O–H groups in total. The van der Waals surface area contributed by atoms with Gasteiger partial charge in [0, 0.05) is 0 Å². The Morgan fingerprint density at radius 1 is 0.696 bits per heavy atom. The summed E-state index contributed by atoms with van der Waals surface area (Å²) >= 11 is 0. The van der Waals surface area contributed by atoms with Crippen molar-refractivity contribution >= 4 is 10.8 Å². The minimum atomic E-state index is 0.363. The fraction of sp³-hybridized carbons (Fsp3) is 0.0526. The van der Waals surface area contributed by atoms with Gasteiger partial charge in [0.25, 0.3) is 0 Å². The summed E-state index contributed by atoms with van der Waals surface area (Å²) in [4.78, 5) is 0. The molecule has 0 heterocycles. The maximum atomic E-state index is 9.12. The molecule has 0 saturated heterocycles. The van der Waals surface area contributed by atoms with Crippen LogP contribution >= 0.6 is 0 Å². The lowest BCUT2D eigenvalue weighted by molar-refractivity contribution is 0.413. The summed E-state index contributed by atoms with van der Waals surface area (Å²) in [6.45, 7) is 0. The van der Waals surface area contributed by atoms with Gasteiger partial charge in [-0.15, -0.1) is 0 Å². The highest BCUT2D eigenvalue weighted by Gasteiger charge is 2.06. The first-order chi connectivity index (χ1) is 11.2. The molecule has 4 nitrogen and oxygen atoms in total.